The summed E-state index contributed by atoms with van der Waals surface area (Å²) in [6.07, 6.45) is 3.03. The molecule has 0 aliphatic rings. The van der Waals surface area contributed by atoms with E-state index in [-0.39, 0.29) is 22.8 Å². The van der Waals surface area contributed by atoms with Gasteiger partial charge in [-0.05, 0) is 37.0 Å². The highest BCUT2D eigenvalue weighted by molar-refractivity contribution is 6.04. The largest absolute Gasteiger partial charge is 0.443 e. The Kier molecular flexibility index (Phi) is 5.56. The van der Waals surface area contributed by atoms with Crippen LogP contribution in [0.25, 0.3) is 6.08 Å². The molecule has 0 aliphatic heterocycles. The summed E-state index contributed by atoms with van der Waals surface area (Å²) < 4.78 is 5.35. The van der Waals surface area contributed by atoms with Gasteiger partial charge >= 0.3 is 0 Å². The van der Waals surface area contributed by atoms with Crippen LogP contribution in [-0.2, 0) is 4.79 Å². The van der Waals surface area contributed by atoms with E-state index < -0.39 is 5.91 Å². The Morgan fingerprint density at radius 1 is 1.24 bits per heavy atom. The summed E-state index contributed by atoms with van der Waals surface area (Å²) in [5.41, 5.74) is 2.36. The second-order valence-corrected chi connectivity index (χ2v) is 6.05. The molecule has 5 nitrogen and oxygen atoms in total. The Bertz CT molecular complexity index is 866. The summed E-state index contributed by atoms with van der Waals surface area (Å²) in [4.78, 5) is 23.7. The number of furan rings is 1. The number of carbonyl (C=O) groups excluding carboxylic acids is 2. The van der Waals surface area contributed by atoms with Crippen molar-refractivity contribution < 1.29 is 14.0 Å². The van der Waals surface area contributed by atoms with Crippen LogP contribution in [0.2, 0.25) is 0 Å². The molecule has 2 rings (SSSR count). The molecule has 1 amide bonds. The molecule has 0 saturated heterocycles. The maximum absolute atomic E-state index is 12.1. The molecule has 0 saturated carbocycles. The zero-order chi connectivity index (χ0) is 18.6. The lowest BCUT2D eigenvalue weighted by atomic mass is 10.0. The van der Waals surface area contributed by atoms with E-state index >= 15 is 0 Å². The number of aryl methyl sites for hydroxylation is 1. The lowest BCUT2D eigenvalue weighted by Crippen LogP contribution is -2.08. The minimum absolute atomic E-state index is 0.00462. The average Bonchev–Trinajstić information content (AvgIpc) is 2.88. The molecule has 1 N–H and O–H groups in total. The quantitative estimate of drug-likeness (QED) is 0.646. The summed E-state index contributed by atoms with van der Waals surface area (Å²) in [5.74, 6) is 0.0402. The second-order valence-electron chi connectivity index (χ2n) is 6.05. The van der Waals surface area contributed by atoms with Crippen LogP contribution in [0.15, 0.2) is 34.8 Å². The summed E-state index contributed by atoms with van der Waals surface area (Å²) in [7, 11) is 0. The van der Waals surface area contributed by atoms with Crippen LogP contribution in [0.3, 0.4) is 0 Å². The first-order valence-electron chi connectivity index (χ1n) is 7.97. The standard InChI is InChI=1S/C20H20N2O3/c1-12(2)16-8-5-15(6-9-16)7-10-18(24)22-20-17(11-21)19(13(3)23)14(4)25-20/h5-10,12H,1-4H3,(H,22,24)/b10-7+. The molecule has 0 unspecified atom stereocenters. The summed E-state index contributed by atoms with van der Waals surface area (Å²) in [6.45, 7) is 7.17. The Hall–Kier alpha value is -3.13. The average molecular weight is 336 g/mol. The van der Waals surface area contributed by atoms with Gasteiger partial charge in [-0.2, -0.15) is 5.26 Å². The number of Topliss-reactive ketones (excluding diaryl/α,β-unsaturated/α-hetero) is 1. The highest BCUT2D eigenvalue weighted by Gasteiger charge is 2.21. The van der Waals surface area contributed by atoms with Gasteiger partial charge in [-0.25, -0.2) is 0 Å². The van der Waals surface area contributed by atoms with Gasteiger partial charge in [0.25, 0.3) is 5.91 Å². The molecule has 0 radical (unpaired) electrons. The zero-order valence-corrected chi connectivity index (χ0v) is 14.7. The molecule has 0 spiro atoms. The minimum Gasteiger partial charge on any atom is -0.443 e. The third-order valence-corrected chi connectivity index (χ3v) is 3.82. The number of anilines is 1. The Morgan fingerprint density at radius 2 is 1.88 bits per heavy atom. The van der Waals surface area contributed by atoms with Gasteiger partial charge in [0.15, 0.2) is 5.78 Å². The van der Waals surface area contributed by atoms with Gasteiger partial charge in [0.1, 0.15) is 17.4 Å². The number of nitrogens with one attached hydrogen (secondary N) is 1. The Labute approximate surface area is 147 Å². The van der Waals surface area contributed by atoms with Crippen LogP contribution in [0.5, 0.6) is 0 Å². The van der Waals surface area contributed by atoms with Gasteiger partial charge in [-0.15, -0.1) is 0 Å². The highest BCUT2D eigenvalue weighted by Crippen LogP contribution is 2.26. The summed E-state index contributed by atoms with van der Waals surface area (Å²) in [6, 6.07) is 9.82. The molecule has 1 heterocycles. The van der Waals surface area contributed by atoms with E-state index in [2.05, 4.69) is 19.2 Å². The number of carbonyl (C=O) groups is 2. The van der Waals surface area contributed by atoms with Crippen LogP contribution in [0.1, 0.15) is 59.5 Å². The fraction of sp³-hybridized carbons (Fsp3) is 0.250. The fourth-order valence-electron chi connectivity index (χ4n) is 2.48. The molecular weight excluding hydrogens is 316 g/mol. The topological polar surface area (TPSA) is 83.1 Å². The van der Waals surface area contributed by atoms with Gasteiger partial charge in [-0.3, -0.25) is 14.9 Å². The van der Waals surface area contributed by atoms with Crippen molar-refractivity contribution >= 4 is 23.7 Å². The normalized spacial score (nSPS) is 10.9. The fourth-order valence-corrected chi connectivity index (χ4v) is 2.48. The first-order valence-corrected chi connectivity index (χ1v) is 7.97. The first kappa shape index (κ1) is 18.2. The van der Waals surface area contributed by atoms with Crippen molar-refractivity contribution in [3.05, 3.63) is 58.4 Å². The molecule has 1 aromatic heterocycles. The van der Waals surface area contributed by atoms with Crippen molar-refractivity contribution in [3.63, 3.8) is 0 Å². The number of rotatable bonds is 5. The van der Waals surface area contributed by atoms with Crippen LogP contribution in [0, 0.1) is 18.3 Å². The first-order chi connectivity index (χ1) is 11.8. The molecule has 0 atom stereocenters. The van der Waals surface area contributed by atoms with Gasteiger partial charge in [0.05, 0.1) is 5.56 Å². The van der Waals surface area contributed by atoms with E-state index in [0.29, 0.717) is 11.7 Å². The molecule has 2 aromatic rings. The lowest BCUT2D eigenvalue weighted by Gasteiger charge is -2.04. The summed E-state index contributed by atoms with van der Waals surface area (Å²) >= 11 is 0. The predicted octanol–water partition coefficient (Wildman–Crippen LogP) is 4.44. The van der Waals surface area contributed by atoms with Crippen molar-refractivity contribution in [2.24, 2.45) is 0 Å². The predicted molar refractivity (Wildman–Crippen MR) is 96.4 cm³/mol. The number of hydrogen-bond acceptors (Lipinski definition) is 4. The van der Waals surface area contributed by atoms with E-state index in [4.69, 9.17) is 4.42 Å². The number of nitriles is 1. The third-order valence-electron chi connectivity index (χ3n) is 3.82. The molecule has 0 aliphatic carbocycles. The molecule has 128 valence electrons. The molecule has 0 fully saturated rings. The number of nitrogens with zero attached hydrogens (tertiary/aromatic N) is 1. The molecule has 0 bridgehead atoms. The van der Waals surface area contributed by atoms with Gasteiger partial charge < -0.3 is 4.42 Å². The monoisotopic (exact) mass is 336 g/mol. The smallest absolute Gasteiger partial charge is 0.250 e. The maximum Gasteiger partial charge on any atom is 0.250 e. The number of benzene rings is 1. The van der Waals surface area contributed by atoms with Crippen LogP contribution >= 0.6 is 0 Å². The van der Waals surface area contributed by atoms with E-state index in [9.17, 15) is 14.9 Å². The molecular formula is C20H20N2O3. The lowest BCUT2D eigenvalue weighted by molar-refractivity contribution is -0.111. The highest BCUT2D eigenvalue weighted by atomic mass is 16.4. The number of hydrogen-bond donors (Lipinski definition) is 1. The SMILES string of the molecule is CC(=O)c1c(C)oc(NC(=O)/C=C/c2ccc(C(C)C)cc2)c1C#N. The van der Waals surface area contributed by atoms with Crippen molar-refractivity contribution in [1.82, 2.24) is 0 Å². The number of ketones is 1. The summed E-state index contributed by atoms with van der Waals surface area (Å²) in [5, 5.41) is 11.7. The van der Waals surface area contributed by atoms with Gasteiger partial charge in [0, 0.05) is 6.08 Å². The Morgan fingerprint density at radius 3 is 2.40 bits per heavy atom. The van der Waals surface area contributed by atoms with Crippen molar-refractivity contribution in [2.75, 3.05) is 5.32 Å². The second kappa shape index (κ2) is 7.63. The van der Waals surface area contributed by atoms with E-state index in [0.717, 1.165) is 5.56 Å². The van der Waals surface area contributed by atoms with Crippen molar-refractivity contribution in [3.8, 4) is 6.07 Å². The minimum atomic E-state index is -0.437. The van der Waals surface area contributed by atoms with Gasteiger partial charge in [-0.1, -0.05) is 38.1 Å². The number of amides is 1. The van der Waals surface area contributed by atoms with Crippen LogP contribution < -0.4 is 5.32 Å². The third kappa shape index (κ3) is 4.24. The van der Waals surface area contributed by atoms with E-state index in [1.807, 2.05) is 30.3 Å². The molecule has 5 heteroatoms. The van der Waals surface area contributed by atoms with Crippen molar-refractivity contribution in [1.29, 1.82) is 5.26 Å². The van der Waals surface area contributed by atoms with E-state index in [1.54, 1.807) is 13.0 Å². The van der Waals surface area contributed by atoms with Crippen LogP contribution in [0.4, 0.5) is 5.88 Å². The Balaban J connectivity index is 2.14. The van der Waals surface area contributed by atoms with Crippen LogP contribution in [-0.4, -0.2) is 11.7 Å². The van der Waals surface area contributed by atoms with E-state index in [1.165, 1.54) is 18.6 Å². The maximum atomic E-state index is 12.1. The molecule has 25 heavy (non-hydrogen) atoms. The zero-order valence-electron chi connectivity index (χ0n) is 14.7. The van der Waals surface area contributed by atoms with Crippen molar-refractivity contribution in [2.45, 2.75) is 33.6 Å². The molecule has 1 aromatic carbocycles. The van der Waals surface area contributed by atoms with Gasteiger partial charge in [0.2, 0.25) is 5.88 Å².